The fourth-order valence-corrected chi connectivity index (χ4v) is 1.61. The predicted molar refractivity (Wildman–Crippen MR) is 60.8 cm³/mol. The second kappa shape index (κ2) is 5.13. The zero-order valence-electron chi connectivity index (χ0n) is 8.87. The average molecular weight is 192 g/mol. The highest BCUT2D eigenvalue weighted by Crippen LogP contribution is 2.12. The van der Waals surface area contributed by atoms with Crippen molar-refractivity contribution in [2.24, 2.45) is 11.5 Å². The third-order valence-electron chi connectivity index (χ3n) is 2.44. The molecule has 2 nitrogen and oxygen atoms in total. The summed E-state index contributed by atoms with van der Waals surface area (Å²) in [4.78, 5) is 0. The minimum Gasteiger partial charge on any atom is -0.313 e. The number of hydrogen-bond acceptors (Lipinski definition) is 2. The summed E-state index contributed by atoms with van der Waals surface area (Å²) in [7, 11) is 0. The Morgan fingerprint density at radius 2 is 1.71 bits per heavy atom. The van der Waals surface area contributed by atoms with Crippen molar-refractivity contribution >= 4 is 0 Å². The monoisotopic (exact) mass is 192 g/mol. The maximum Gasteiger partial charge on any atom is 0.0639 e. The van der Waals surface area contributed by atoms with Gasteiger partial charge in [0.15, 0.2) is 0 Å². The van der Waals surface area contributed by atoms with Crippen molar-refractivity contribution in [3.05, 3.63) is 35.9 Å². The smallest absolute Gasteiger partial charge is 0.0639 e. The highest BCUT2D eigenvalue weighted by molar-refractivity contribution is 5.15. The molecular formula is C12H20N2. The van der Waals surface area contributed by atoms with Crippen LogP contribution in [0.3, 0.4) is 0 Å². The molecule has 4 N–H and O–H groups in total. The van der Waals surface area contributed by atoms with Crippen LogP contribution in [0, 0.1) is 0 Å². The summed E-state index contributed by atoms with van der Waals surface area (Å²) in [6.07, 6.45) is 3.75. The van der Waals surface area contributed by atoms with E-state index in [9.17, 15) is 0 Å². The number of hydrogen-bond donors (Lipinski definition) is 2. The summed E-state index contributed by atoms with van der Waals surface area (Å²) in [5.74, 6) is 0. The average Bonchev–Trinajstić information content (AvgIpc) is 2.17. The molecule has 0 saturated heterocycles. The Balaban J connectivity index is 2.40. The predicted octanol–water partition coefficient (Wildman–Crippen LogP) is 2.03. The van der Waals surface area contributed by atoms with Crippen LogP contribution in [0.2, 0.25) is 0 Å². The normalized spacial score (nSPS) is 11.6. The number of aryl methyl sites for hydroxylation is 1. The molecule has 0 aromatic heterocycles. The molecule has 1 aromatic carbocycles. The van der Waals surface area contributed by atoms with Gasteiger partial charge in [-0.3, -0.25) is 0 Å². The Morgan fingerprint density at radius 1 is 1.07 bits per heavy atom. The lowest BCUT2D eigenvalue weighted by atomic mass is 9.97. The van der Waals surface area contributed by atoms with Gasteiger partial charge in [0.05, 0.1) is 5.66 Å². The SMILES string of the molecule is CCCC(N)(N)CCc1ccccc1. The van der Waals surface area contributed by atoms with Gasteiger partial charge in [-0.05, 0) is 24.8 Å². The molecule has 0 aliphatic carbocycles. The minimum atomic E-state index is -0.495. The summed E-state index contributed by atoms with van der Waals surface area (Å²) < 4.78 is 0. The van der Waals surface area contributed by atoms with E-state index in [0.29, 0.717) is 0 Å². The van der Waals surface area contributed by atoms with Gasteiger partial charge in [-0.1, -0.05) is 43.7 Å². The van der Waals surface area contributed by atoms with Gasteiger partial charge in [-0.2, -0.15) is 0 Å². The highest BCUT2D eigenvalue weighted by atomic mass is 14.9. The molecule has 0 atom stereocenters. The van der Waals surface area contributed by atoms with E-state index in [1.165, 1.54) is 5.56 Å². The van der Waals surface area contributed by atoms with Crippen LogP contribution in [0.1, 0.15) is 31.7 Å². The Morgan fingerprint density at radius 3 is 2.29 bits per heavy atom. The standard InChI is InChI=1S/C12H20N2/c1-2-9-12(13,14)10-8-11-6-4-3-5-7-11/h3-7H,2,8-10,13-14H2,1H3. The molecular weight excluding hydrogens is 172 g/mol. The zero-order chi connectivity index (χ0) is 10.4. The summed E-state index contributed by atoms with van der Waals surface area (Å²) in [6.45, 7) is 2.11. The summed E-state index contributed by atoms with van der Waals surface area (Å²) in [5.41, 5.74) is 12.7. The Bertz CT molecular complexity index is 254. The van der Waals surface area contributed by atoms with Crippen molar-refractivity contribution in [3.8, 4) is 0 Å². The molecule has 0 unspecified atom stereocenters. The molecule has 1 rings (SSSR count). The van der Waals surface area contributed by atoms with E-state index in [-0.39, 0.29) is 0 Å². The van der Waals surface area contributed by atoms with Crippen LogP contribution in [0.5, 0.6) is 0 Å². The van der Waals surface area contributed by atoms with Crippen molar-refractivity contribution in [2.75, 3.05) is 0 Å². The quantitative estimate of drug-likeness (QED) is 0.701. The second-order valence-electron chi connectivity index (χ2n) is 3.97. The largest absolute Gasteiger partial charge is 0.313 e. The van der Waals surface area contributed by atoms with Gasteiger partial charge >= 0.3 is 0 Å². The van der Waals surface area contributed by atoms with Gasteiger partial charge in [-0.25, -0.2) is 0 Å². The number of benzene rings is 1. The molecule has 0 fully saturated rings. The van der Waals surface area contributed by atoms with E-state index in [0.717, 1.165) is 25.7 Å². The first-order valence-electron chi connectivity index (χ1n) is 5.26. The fraction of sp³-hybridized carbons (Fsp3) is 0.500. The van der Waals surface area contributed by atoms with E-state index in [4.69, 9.17) is 11.5 Å². The lowest BCUT2D eigenvalue weighted by Gasteiger charge is -2.23. The van der Waals surface area contributed by atoms with Crippen molar-refractivity contribution < 1.29 is 0 Å². The topological polar surface area (TPSA) is 52.0 Å². The Labute approximate surface area is 86.3 Å². The Hall–Kier alpha value is -0.860. The molecule has 0 aliphatic heterocycles. The van der Waals surface area contributed by atoms with Crippen LogP contribution in [0.25, 0.3) is 0 Å². The van der Waals surface area contributed by atoms with Gasteiger partial charge < -0.3 is 11.5 Å². The molecule has 1 aromatic rings. The summed E-state index contributed by atoms with van der Waals surface area (Å²) in [5, 5.41) is 0. The molecule has 78 valence electrons. The van der Waals surface area contributed by atoms with Crippen molar-refractivity contribution in [1.82, 2.24) is 0 Å². The molecule has 0 bridgehead atoms. The van der Waals surface area contributed by atoms with E-state index in [1.807, 2.05) is 18.2 Å². The molecule has 0 radical (unpaired) electrons. The third-order valence-corrected chi connectivity index (χ3v) is 2.44. The van der Waals surface area contributed by atoms with Crippen LogP contribution >= 0.6 is 0 Å². The van der Waals surface area contributed by atoms with Crippen molar-refractivity contribution in [2.45, 2.75) is 38.3 Å². The van der Waals surface area contributed by atoms with Crippen LogP contribution in [0.15, 0.2) is 30.3 Å². The summed E-state index contributed by atoms with van der Waals surface area (Å²) in [6, 6.07) is 10.3. The van der Waals surface area contributed by atoms with Gasteiger partial charge in [0.1, 0.15) is 0 Å². The number of rotatable bonds is 5. The maximum atomic E-state index is 5.95. The third kappa shape index (κ3) is 3.90. The maximum absolute atomic E-state index is 5.95. The van der Waals surface area contributed by atoms with Crippen molar-refractivity contribution in [1.29, 1.82) is 0 Å². The molecule has 14 heavy (non-hydrogen) atoms. The van der Waals surface area contributed by atoms with Crippen LogP contribution in [-0.4, -0.2) is 5.66 Å². The molecule has 0 heterocycles. The van der Waals surface area contributed by atoms with Crippen molar-refractivity contribution in [3.63, 3.8) is 0 Å². The lowest BCUT2D eigenvalue weighted by molar-refractivity contribution is 0.375. The van der Waals surface area contributed by atoms with E-state index in [2.05, 4.69) is 19.1 Å². The number of nitrogens with two attached hydrogens (primary N) is 2. The first-order chi connectivity index (χ1) is 6.64. The first-order valence-corrected chi connectivity index (χ1v) is 5.26. The van der Waals surface area contributed by atoms with Gasteiger partial charge in [0, 0.05) is 0 Å². The molecule has 0 aliphatic rings. The molecule has 0 spiro atoms. The van der Waals surface area contributed by atoms with E-state index >= 15 is 0 Å². The lowest BCUT2D eigenvalue weighted by Crippen LogP contribution is -2.49. The van der Waals surface area contributed by atoms with Gasteiger partial charge in [0.2, 0.25) is 0 Å². The fourth-order valence-electron chi connectivity index (χ4n) is 1.61. The van der Waals surface area contributed by atoms with Crippen LogP contribution in [-0.2, 0) is 6.42 Å². The highest BCUT2D eigenvalue weighted by Gasteiger charge is 2.16. The first kappa shape index (κ1) is 11.2. The van der Waals surface area contributed by atoms with E-state index in [1.54, 1.807) is 0 Å². The van der Waals surface area contributed by atoms with Crippen LogP contribution in [0.4, 0.5) is 0 Å². The second-order valence-corrected chi connectivity index (χ2v) is 3.97. The summed E-state index contributed by atoms with van der Waals surface area (Å²) >= 11 is 0. The minimum absolute atomic E-state index is 0.495. The van der Waals surface area contributed by atoms with Crippen LogP contribution < -0.4 is 11.5 Å². The van der Waals surface area contributed by atoms with Gasteiger partial charge in [0.25, 0.3) is 0 Å². The zero-order valence-corrected chi connectivity index (χ0v) is 8.87. The van der Waals surface area contributed by atoms with E-state index < -0.39 is 5.66 Å². The molecule has 0 amide bonds. The Kier molecular flexibility index (Phi) is 4.11. The molecule has 0 saturated carbocycles. The molecule has 2 heteroatoms. The van der Waals surface area contributed by atoms with Gasteiger partial charge in [-0.15, -0.1) is 0 Å².